The fourth-order valence-electron chi connectivity index (χ4n) is 0.669. The van der Waals surface area contributed by atoms with Gasteiger partial charge in [-0.05, 0) is 28.7 Å². The van der Waals surface area contributed by atoms with Crippen molar-refractivity contribution in [3.63, 3.8) is 0 Å². The Morgan fingerprint density at radius 3 is 2.58 bits per heavy atom. The molecule has 1 nitrogen and oxygen atoms in total. The van der Waals surface area contributed by atoms with Gasteiger partial charge >= 0.3 is 0 Å². The molecule has 0 saturated heterocycles. The summed E-state index contributed by atoms with van der Waals surface area (Å²) in [7, 11) is 0. The summed E-state index contributed by atoms with van der Waals surface area (Å²) in [5.74, 6) is -1.55. The lowest BCUT2D eigenvalue weighted by Crippen LogP contribution is -1.93. The molecule has 0 fully saturated rings. The smallest absolute Gasteiger partial charge is 0.156 e. The van der Waals surface area contributed by atoms with E-state index in [1.807, 2.05) is 0 Å². The number of hydrogen-bond donors (Lipinski definition) is 0. The highest BCUT2D eigenvalue weighted by Gasteiger charge is 2.14. The summed E-state index contributed by atoms with van der Waals surface area (Å²) in [4.78, 5) is 0. The van der Waals surface area contributed by atoms with E-state index in [1.165, 1.54) is 22.6 Å². The van der Waals surface area contributed by atoms with Crippen LogP contribution in [0.5, 0.6) is 0 Å². The van der Waals surface area contributed by atoms with Gasteiger partial charge in [-0.2, -0.15) is 5.26 Å². The Labute approximate surface area is 86.1 Å². The first-order chi connectivity index (χ1) is 5.57. The standard InChI is InChI=1S/C7HClF2IN/c8-4-1-5(9)3(2-12)7(11)6(4)10/h1H. The van der Waals surface area contributed by atoms with Crippen molar-refractivity contribution in [2.24, 2.45) is 0 Å². The highest BCUT2D eigenvalue weighted by Crippen LogP contribution is 2.25. The Kier molecular flexibility index (Phi) is 2.85. The first kappa shape index (κ1) is 9.68. The molecule has 0 N–H and O–H groups in total. The van der Waals surface area contributed by atoms with E-state index in [1.54, 1.807) is 6.07 Å². The lowest BCUT2D eigenvalue weighted by molar-refractivity contribution is 0.591. The molecule has 0 aliphatic carbocycles. The highest BCUT2D eigenvalue weighted by molar-refractivity contribution is 14.1. The summed E-state index contributed by atoms with van der Waals surface area (Å²) in [6.45, 7) is 0. The van der Waals surface area contributed by atoms with Crippen LogP contribution in [0.2, 0.25) is 5.02 Å². The van der Waals surface area contributed by atoms with Crippen LogP contribution in [-0.2, 0) is 0 Å². The molecule has 1 aromatic rings. The Hall–Kier alpha value is -0.410. The van der Waals surface area contributed by atoms with Gasteiger partial charge in [-0.1, -0.05) is 11.6 Å². The number of halogens is 4. The number of nitriles is 1. The van der Waals surface area contributed by atoms with Crippen LogP contribution in [0.4, 0.5) is 8.78 Å². The Morgan fingerprint density at radius 1 is 1.50 bits per heavy atom. The summed E-state index contributed by atoms with van der Waals surface area (Å²) in [5.41, 5.74) is -0.308. The molecule has 0 unspecified atom stereocenters. The van der Waals surface area contributed by atoms with E-state index in [0.29, 0.717) is 0 Å². The number of hydrogen-bond acceptors (Lipinski definition) is 1. The molecule has 5 heteroatoms. The predicted molar refractivity (Wildman–Crippen MR) is 48.8 cm³/mol. The molecule has 0 aromatic heterocycles. The number of benzene rings is 1. The highest BCUT2D eigenvalue weighted by atomic mass is 127. The fourth-order valence-corrected chi connectivity index (χ4v) is 1.69. The van der Waals surface area contributed by atoms with Crippen LogP contribution < -0.4 is 0 Å². The third kappa shape index (κ3) is 1.52. The monoisotopic (exact) mass is 299 g/mol. The summed E-state index contributed by atoms with van der Waals surface area (Å²) in [5, 5.41) is 8.10. The minimum atomic E-state index is -0.798. The van der Waals surface area contributed by atoms with Gasteiger partial charge in [0.05, 0.1) is 8.59 Å². The van der Waals surface area contributed by atoms with Crippen molar-refractivity contribution >= 4 is 34.2 Å². The molecule has 0 amide bonds. The van der Waals surface area contributed by atoms with Gasteiger partial charge in [-0.15, -0.1) is 0 Å². The van der Waals surface area contributed by atoms with Gasteiger partial charge in [0.2, 0.25) is 0 Å². The first-order valence-electron chi connectivity index (χ1n) is 2.81. The number of nitrogens with zero attached hydrogens (tertiary/aromatic N) is 1. The molecular weight excluding hydrogens is 298 g/mol. The quantitative estimate of drug-likeness (QED) is 0.410. The fraction of sp³-hybridized carbons (Fsp3) is 0. The van der Waals surface area contributed by atoms with Crippen molar-refractivity contribution in [2.45, 2.75) is 0 Å². The van der Waals surface area contributed by atoms with Gasteiger partial charge in [-0.3, -0.25) is 0 Å². The molecule has 1 aromatic carbocycles. The Morgan fingerprint density at radius 2 is 2.08 bits per heavy atom. The van der Waals surface area contributed by atoms with Gasteiger partial charge < -0.3 is 0 Å². The molecule has 0 bridgehead atoms. The van der Waals surface area contributed by atoms with E-state index in [0.717, 1.165) is 6.07 Å². The normalized spacial score (nSPS) is 9.58. The molecule has 0 atom stereocenters. The average molecular weight is 299 g/mol. The third-order valence-electron chi connectivity index (χ3n) is 1.23. The molecule has 0 heterocycles. The van der Waals surface area contributed by atoms with Crippen LogP contribution in [0.3, 0.4) is 0 Å². The molecule has 0 saturated carbocycles. The van der Waals surface area contributed by atoms with Crippen LogP contribution in [0.15, 0.2) is 6.07 Å². The van der Waals surface area contributed by atoms with Gasteiger partial charge in [0, 0.05) is 0 Å². The molecule has 12 heavy (non-hydrogen) atoms. The van der Waals surface area contributed by atoms with Crippen LogP contribution in [-0.4, -0.2) is 0 Å². The maximum atomic E-state index is 12.9. The topological polar surface area (TPSA) is 23.8 Å². The van der Waals surface area contributed by atoms with Crippen LogP contribution in [0.25, 0.3) is 0 Å². The molecule has 0 aliphatic heterocycles. The third-order valence-corrected chi connectivity index (χ3v) is 2.51. The predicted octanol–water partition coefficient (Wildman–Crippen LogP) is 3.09. The van der Waals surface area contributed by atoms with Crippen molar-refractivity contribution in [3.8, 4) is 6.07 Å². The second-order valence-corrected chi connectivity index (χ2v) is 3.44. The largest absolute Gasteiger partial charge is 0.205 e. The molecule has 0 radical (unpaired) electrons. The van der Waals surface area contributed by atoms with E-state index in [2.05, 4.69) is 0 Å². The molecule has 1 rings (SSSR count). The zero-order chi connectivity index (χ0) is 9.30. The van der Waals surface area contributed by atoms with Gasteiger partial charge in [-0.25, -0.2) is 8.78 Å². The Bertz CT molecular complexity index is 373. The van der Waals surface area contributed by atoms with E-state index < -0.39 is 11.6 Å². The van der Waals surface area contributed by atoms with Crippen LogP contribution >= 0.6 is 34.2 Å². The molecule has 0 aliphatic rings. The van der Waals surface area contributed by atoms with Gasteiger partial charge in [0.1, 0.15) is 17.4 Å². The summed E-state index contributed by atoms with van der Waals surface area (Å²) < 4.78 is 25.6. The summed E-state index contributed by atoms with van der Waals surface area (Å²) >= 11 is 6.85. The maximum absolute atomic E-state index is 12.9. The second-order valence-electron chi connectivity index (χ2n) is 1.95. The van der Waals surface area contributed by atoms with E-state index in [-0.39, 0.29) is 14.2 Å². The van der Waals surface area contributed by atoms with E-state index >= 15 is 0 Å². The minimum absolute atomic E-state index is 0.0832. The zero-order valence-electron chi connectivity index (χ0n) is 5.54. The first-order valence-corrected chi connectivity index (χ1v) is 4.26. The molecular formula is C7HClF2IN. The summed E-state index contributed by atoms with van der Waals surface area (Å²) in [6, 6.07) is 2.34. The van der Waals surface area contributed by atoms with Crippen LogP contribution in [0, 0.1) is 26.5 Å². The Balaban J connectivity index is 3.54. The van der Waals surface area contributed by atoms with Gasteiger partial charge in [0.25, 0.3) is 0 Å². The minimum Gasteiger partial charge on any atom is -0.205 e. The van der Waals surface area contributed by atoms with Crippen molar-refractivity contribution in [1.29, 1.82) is 5.26 Å². The van der Waals surface area contributed by atoms with Gasteiger partial charge in [0.15, 0.2) is 5.82 Å². The van der Waals surface area contributed by atoms with E-state index in [4.69, 9.17) is 16.9 Å². The van der Waals surface area contributed by atoms with Crippen molar-refractivity contribution in [1.82, 2.24) is 0 Å². The van der Waals surface area contributed by atoms with Crippen molar-refractivity contribution < 1.29 is 8.78 Å². The lowest BCUT2D eigenvalue weighted by atomic mass is 10.2. The average Bonchev–Trinajstić information content (AvgIpc) is 2.01. The SMILES string of the molecule is N#Cc1c(F)cc(Cl)c(F)c1I. The van der Waals surface area contributed by atoms with Crippen LogP contribution in [0.1, 0.15) is 5.56 Å². The molecule has 62 valence electrons. The molecule has 0 spiro atoms. The van der Waals surface area contributed by atoms with Crippen molar-refractivity contribution in [2.75, 3.05) is 0 Å². The van der Waals surface area contributed by atoms with E-state index in [9.17, 15) is 8.78 Å². The second kappa shape index (κ2) is 3.54. The number of rotatable bonds is 0. The maximum Gasteiger partial charge on any atom is 0.156 e. The van der Waals surface area contributed by atoms with Crippen molar-refractivity contribution in [3.05, 3.63) is 31.9 Å². The zero-order valence-corrected chi connectivity index (χ0v) is 8.45. The summed E-state index contributed by atoms with van der Waals surface area (Å²) in [6.07, 6.45) is 0. The lowest BCUT2D eigenvalue weighted by Gasteiger charge is -2.00.